The first kappa shape index (κ1) is 14.7. The zero-order chi connectivity index (χ0) is 13.9. The molecule has 0 aliphatic carbocycles. The molecule has 6 nitrogen and oxygen atoms in total. The summed E-state index contributed by atoms with van der Waals surface area (Å²) >= 11 is 5.82. The largest absolute Gasteiger partial charge is 0.362 e. The first-order chi connectivity index (χ1) is 8.19. The van der Waals surface area contributed by atoms with Crippen LogP contribution in [0.5, 0.6) is 5.88 Å². The predicted molar refractivity (Wildman–Crippen MR) is 67.3 cm³/mol. The van der Waals surface area contributed by atoms with Gasteiger partial charge in [0.05, 0.1) is 11.3 Å². The first-order valence-corrected chi connectivity index (χ1v) is 7.25. The minimum absolute atomic E-state index is 0.0773. The van der Waals surface area contributed by atoms with Gasteiger partial charge in [0.2, 0.25) is 5.88 Å². The van der Waals surface area contributed by atoms with Crippen LogP contribution in [0.4, 0.5) is 0 Å². The molecule has 1 rings (SSSR count). The average molecular weight is 293 g/mol. The Kier molecular flexibility index (Phi) is 4.53. The summed E-state index contributed by atoms with van der Waals surface area (Å²) in [6.45, 7) is 3.56. The second-order valence-electron chi connectivity index (χ2n) is 3.90. The average Bonchev–Trinajstić information content (AvgIpc) is 2.17. The molecule has 0 unspecified atom stereocenters. The van der Waals surface area contributed by atoms with Gasteiger partial charge in [-0.05, 0) is 19.9 Å². The van der Waals surface area contributed by atoms with E-state index in [0.717, 1.165) is 6.26 Å². The monoisotopic (exact) mass is 292 g/mol. The first-order valence-electron chi connectivity index (χ1n) is 5.06. The van der Waals surface area contributed by atoms with E-state index in [1.807, 2.05) is 0 Å². The van der Waals surface area contributed by atoms with Crippen LogP contribution in [0.3, 0.4) is 0 Å². The number of hydrogen-bond donors (Lipinski definition) is 1. The molecule has 1 heterocycles. The Morgan fingerprint density at radius 1 is 1.44 bits per heavy atom. The Morgan fingerprint density at radius 2 is 2.06 bits per heavy atom. The number of nitrogens with one attached hydrogen (secondary N) is 1. The molecule has 0 spiro atoms. The van der Waals surface area contributed by atoms with Crippen LogP contribution < -0.4 is 9.50 Å². The molecular formula is C10H13ClN2O4S. The van der Waals surface area contributed by atoms with E-state index in [1.165, 1.54) is 12.1 Å². The van der Waals surface area contributed by atoms with E-state index < -0.39 is 16.0 Å². The Hall–Kier alpha value is -1.34. The molecule has 18 heavy (non-hydrogen) atoms. The van der Waals surface area contributed by atoms with Gasteiger partial charge in [-0.2, -0.15) is 8.42 Å². The van der Waals surface area contributed by atoms with E-state index in [0.29, 0.717) is 0 Å². The van der Waals surface area contributed by atoms with Crippen LogP contribution in [-0.2, 0) is 10.1 Å². The summed E-state index contributed by atoms with van der Waals surface area (Å²) in [5.74, 6) is -0.690. The van der Waals surface area contributed by atoms with Crippen molar-refractivity contribution in [3.8, 4) is 5.88 Å². The van der Waals surface area contributed by atoms with Gasteiger partial charge in [0, 0.05) is 12.1 Å². The van der Waals surface area contributed by atoms with Crippen molar-refractivity contribution in [1.82, 2.24) is 10.3 Å². The second kappa shape index (κ2) is 5.53. The number of carbonyl (C=O) groups is 1. The highest BCUT2D eigenvalue weighted by Gasteiger charge is 2.16. The maximum absolute atomic E-state index is 11.7. The Labute approximate surface area is 110 Å². The lowest BCUT2D eigenvalue weighted by molar-refractivity contribution is 0.0937. The van der Waals surface area contributed by atoms with Crippen molar-refractivity contribution in [2.24, 2.45) is 0 Å². The van der Waals surface area contributed by atoms with Gasteiger partial charge in [0.25, 0.3) is 5.91 Å². The molecule has 0 aliphatic rings. The van der Waals surface area contributed by atoms with Crippen molar-refractivity contribution in [3.05, 3.63) is 22.8 Å². The number of aromatic nitrogens is 1. The van der Waals surface area contributed by atoms with Crippen LogP contribution in [0.15, 0.2) is 12.1 Å². The van der Waals surface area contributed by atoms with Crippen molar-refractivity contribution in [2.45, 2.75) is 19.9 Å². The molecule has 1 amide bonds. The van der Waals surface area contributed by atoms with Crippen LogP contribution in [0, 0.1) is 0 Å². The van der Waals surface area contributed by atoms with Gasteiger partial charge >= 0.3 is 10.1 Å². The lowest BCUT2D eigenvalue weighted by Crippen LogP contribution is -2.31. The molecule has 0 bridgehead atoms. The smallest absolute Gasteiger partial charge is 0.307 e. The fraction of sp³-hybridized carbons (Fsp3) is 0.400. The third-order valence-corrected chi connectivity index (χ3v) is 2.47. The van der Waals surface area contributed by atoms with Crippen molar-refractivity contribution in [3.63, 3.8) is 0 Å². The maximum atomic E-state index is 11.7. The normalized spacial score (nSPS) is 11.4. The van der Waals surface area contributed by atoms with E-state index in [9.17, 15) is 13.2 Å². The van der Waals surface area contributed by atoms with Crippen LogP contribution >= 0.6 is 11.6 Å². The van der Waals surface area contributed by atoms with Gasteiger partial charge in [-0.3, -0.25) is 4.79 Å². The molecule has 1 aromatic rings. The van der Waals surface area contributed by atoms with Gasteiger partial charge in [-0.25, -0.2) is 4.98 Å². The van der Waals surface area contributed by atoms with Gasteiger partial charge in [-0.15, -0.1) is 0 Å². The van der Waals surface area contributed by atoms with Crippen LogP contribution in [-0.4, -0.2) is 31.6 Å². The highest BCUT2D eigenvalue weighted by molar-refractivity contribution is 7.86. The summed E-state index contributed by atoms with van der Waals surface area (Å²) in [6, 6.07) is 2.54. The van der Waals surface area contributed by atoms with E-state index in [4.69, 9.17) is 11.6 Å². The third-order valence-electron chi connectivity index (χ3n) is 1.69. The van der Waals surface area contributed by atoms with Gasteiger partial charge < -0.3 is 9.50 Å². The number of amides is 1. The zero-order valence-electron chi connectivity index (χ0n) is 10.1. The Morgan fingerprint density at radius 3 is 2.56 bits per heavy atom. The molecule has 0 aliphatic heterocycles. The van der Waals surface area contributed by atoms with Gasteiger partial charge in [0.1, 0.15) is 0 Å². The SMILES string of the molecule is CC(C)NC(=O)c1nc(OS(C)(=O)=O)ccc1Cl. The lowest BCUT2D eigenvalue weighted by atomic mass is 10.3. The maximum Gasteiger partial charge on any atom is 0.307 e. The minimum atomic E-state index is -3.69. The molecule has 0 aromatic carbocycles. The summed E-state index contributed by atoms with van der Waals surface area (Å²) in [7, 11) is -3.69. The highest BCUT2D eigenvalue weighted by atomic mass is 35.5. The van der Waals surface area contributed by atoms with Crippen LogP contribution in [0.1, 0.15) is 24.3 Å². The molecule has 8 heteroatoms. The number of pyridine rings is 1. The number of carbonyl (C=O) groups excluding carboxylic acids is 1. The summed E-state index contributed by atoms with van der Waals surface area (Å²) in [5.41, 5.74) is -0.0773. The van der Waals surface area contributed by atoms with E-state index in [1.54, 1.807) is 13.8 Å². The standard InChI is InChI=1S/C10H13ClN2O4S/c1-6(2)12-10(14)9-7(11)4-5-8(13-9)17-18(3,15)16/h4-6H,1-3H3,(H,12,14). The highest BCUT2D eigenvalue weighted by Crippen LogP contribution is 2.19. The van der Waals surface area contributed by atoms with E-state index >= 15 is 0 Å². The third kappa shape index (κ3) is 4.50. The van der Waals surface area contributed by atoms with Crippen molar-refractivity contribution < 1.29 is 17.4 Å². The van der Waals surface area contributed by atoms with Crippen LogP contribution in [0.25, 0.3) is 0 Å². The molecule has 1 aromatic heterocycles. The topological polar surface area (TPSA) is 85.4 Å². The van der Waals surface area contributed by atoms with Gasteiger partial charge in [-0.1, -0.05) is 11.6 Å². The molecular weight excluding hydrogens is 280 g/mol. The number of hydrogen-bond acceptors (Lipinski definition) is 5. The zero-order valence-corrected chi connectivity index (χ0v) is 11.7. The summed E-state index contributed by atoms with van der Waals surface area (Å²) in [4.78, 5) is 15.5. The quantitative estimate of drug-likeness (QED) is 0.843. The number of halogens is 1. The molecule has 0 saturated heterocycles. The van der Waals surface area contributed by atoms with Crippen molar-refractivity contribution in [1.29, 1.82) is 0 Å². The summed E-state index contributed by atoms with van der Waals surface area (Å²) in [5, 5.41) is 2.72. The fourth-order valence-electron chi connectivity index (χ4n) is 1.12. The molecule has 100 valence electrons. The second-order valence-corrected chi connectivity index (χ2v) is 5.88. The molecule has 1 N–H and O–H groups in total. The number of rotatable bonds is 4. The molecule has 0 atom stereocenters. The summed E-state index contributed by atoms with van der Waals surface area (Å²) in [6.07, 6.45) is 0.886. The van der Waals surface area contributed by atoms with Crippen LogP contribution in [0.2, 0.25) is 5.02 Å². The summed E-state index contributed by atoms with van der Waals surface area (Å²) < 4.78 is 26.5. The predicted octanol–water partition coefficient (Wildman–Crippen LogP) is 1.21. The Balaban J connectivity index is 3.05. The van der Waals surface area contributed by atoms with E-state index in [-0.39, 0.29) is 22.6 Å². The van der Waals surface area contributed by atoms with Crippen molar-refractivity contribution in [2.75, 3.05) is 6.26 Å². The van der Waals surface area contributed by atoms with Crippen molar-refractivity contribution >= 4 is 27.6 Å². The molecule has 0 saturated carbocycles. The van der Waals surface area contributed by atoms with E-state index in [2.05, 4.69) is 14.5 Å². The molecule has 0 radical (unpaired) electrons. The molecule has 0 fully saturated rings. The minimum Gasteiger partial charge on any atom is -0.362 e. The van der Waals surface area contributed by atoms with Gasteiger partial charge in [0.15, 0.2) is 5.69 Å². The Bertz CT molecular complexity index is 557. The lowest BCUT2D eigenvalue weighted by Gasteiger charge is -2.10. The fourth-order valence-corrected chi connectivity index (χ4v) is 1.71. The number of nitrogens with zero attached hydrogens (tertiary/aromatic N) is 1.